The number of ether oxygens (including phenoxy) is 1. The fourth-order valence-electron chi connectivity index (χ4n) is 0.599. The van der Waals surface area contributed by atoms with Crippen LogP contribution in [0.5, 0.6) is 0 Å². The van der Waals surface area contributed by atoms with Crippen molar-refractivity contribution in [2.24, 2.45) is 21.7 Å². The first-order valence-electron chi connectivity index (χ1n) is 3.84. The van der Waals surface area contributed by atoms with E-state index in [-0.39, 0.29) is 18.3 Å². The zero-order chi connectivity index (χ0) is 10.3. The molecule has 0 aliphatic carbocycles. The molecule has 0 unspecified atom stereocenters. The number of carbonyl (C=O) groups is 1. The third-order valence-corrected chi connectivity index (χ3v) is 1.04. The maximum Gasteiger partial charge on any atom is 0.311 e. The van der Waals surface area contributed by atoms with E-state index in [2.05, 4.69) is 14.9 Å². The first-order chi connectivity index (χ1) is 6.06. The van der Waals surface area contributed by atoms with Crippen LogP contribution in [0, 0.1) is 0 Å². The van der Waals surface area contributed by atoms with Crippen molar-refractivity contribution in [2.45, 2.75) is 20.3 Å². The maximum atomic E-state index is 10.9. The van der Waals surface area contributed by atoms with Crippen molar-refractivity contribution in [3.63, 3.8) is 0 Å². The molecule has 0 heterocycles. The molecule has 0 radical (unpaired) electrons. The summed E-state index contributed by atoms with van der Waals surface area (Å²) >= 11 is 0. The van der Waals surface area contributed by atoms with Gasteiger partial charge in [-0.25, -0.2) is 0 Å². The van der Waals surface area contributed by atoms with E-state index < -0.39 is 0 Å². The summed E-state index contributed by atoms with van der Waals surface area (Å²) in [5.41, 5.74) is 10.6. The zero-order valence-electron chi connectivity index (χ0n) is 7.78. The van der Waals surface area contributed by atoms with Crippen molar-refractivity contribution < 1.29 is 9.53 Å². The summed E-state index contributed by atoms with van der Waals surface area (Å²) in [5, 5.41) is 6.99. The molecule has 0 aromatic heterocycles. The molecule has 6 nitrogen and oxygen atoms in total. The van der Waals surface area contributed by atoms with Gasteiger partial charge in [-0.15, -0.1) is 5.10 Å². The Balaban J connectivity index is 3.99. The monoisotopic (exact) mass is 186 g/mol. The second-order valence-electron chi connectivity index (χ2n) is 2.34. The quantitative estimate of drug-likeness (QED) is 0.269. The third kappa shape index (κ3) is 6.79. The van der Waals surface area contributed by atoms with Gasteiger partial charge in [-0.3, -0.25) is 4.79 Å². The van der Waals surface area contributed by atoms with E-state index >= 15 is 0 Å². The minimum Gasteiger partial charge on any atom is -0.466 e. The van der Waals surface area contributed by atoms with Crippen LogP contribution in [0.15, 0.2) is 10.2 Å². The lowest BCUT2D eigenvalue weighted by Crippen LogP contribution is -2.22. The van der Waals surface area contributed by atoms with Crippen LogP contribution in [0.2, 0.25) is 0 Å². The van der Waals surface area contributed by atoms with Crippen molar-refractivity contribution in [1.82, 2.24) is 0 Å². The van der Waals surface area contributed by atoms with E-state index in [4.69, 9.17) is 11.5 Å². The van der Waals surface area contributed by atoms with E-state index in [1.165, 1.54) is 0 Å². The van der Waals surface area contributed by atoms with Crippen molar-refractivity contribution in [3.8, 4) is 0 Å². The summed E-state index contributed by atoms with van der Waals surface area (Å²) in [4.78, 5) is 10.9. The van der Waals surface area contributed by atoms with Gasteiger partial charge in [0.1, 0.15) is 0 Å². The van der Waals surface area contributed by atoms with Crippen LogP contribution >= 0.6 is 0 Å². The van der Waals surface area contributed by atoms with Crippen LogP contribution in [-0.2, 0) is 9.53 Å². The Bertz CT molecular complexity index is 231. The molecule has 0 fully saturated rings. The highest BCUT2D eigenvalue weighted by molar-refractivity contribution is 5.97. The maximum absolute atomic E-state index is 10.9. The lowest BCUT2D eigenvalue weighted by atomic mass is 10.3. The predicted octanol–water partition coefficient (Wildman–Crippen LogP) is -0.411. The number of nitrogens with two attached hydrogens (primary N) is 2. The lowest BCUT2D eigenvalue weighted by Gasteiger charge is -1.99. The smallest absolute Gasteiger partial charge is 0.311 e. The third-order valence-electron chi connectivity index (χ3n) is 1.04. The van der Waals surface area contributed by atoms with E-state index in [0.717, 1.165) is 0 Å². The second kappa shape index (κ2) is 5.99. The van der Waals surface area contributed by atoms with Crippen molar-refractivity contribution >= 4 is 17.6 Å². The predicted molar refractivity (Wildman–Crippen MR) is 50.2 cm³/mol. The van der Waals surface area contributed by atoms with E-state index in [1.807, 2.05) is 0 Å². The fraction of sp³-hybridized carbons (Fsp3) is 0.571. The van der Waals surface area contributed by atoms with Gasteiger partial charge < -0.3 is 16.2 Å². The zero-order valence-corrected chi connectivity index (χ0v) is 7.78. The summed E-state index contributed by atoms with van der Waals surface area (Å²) in [6, 6.07) is 0. The Hall–Kier alpha value is -1.59. The van der Waals surface area contributed by atoms with Gasteiger partial charge in [0, 0.05) is 5.71 Å². The van der Waals surface area contributed by atoms with Gasteiger partial charge >= 0.3 is 5.97 Å². The summed E-state index contributed by atoms with van der Waals surface area (Å²) in [5.74, 6) is -0.474. The topological polar surface area (TPSA) is 103 Å². The molecule has 0 aromatic rings. The number of hydrogen-bond acceptors (Lipinski definition) is 4. The van der Waals surface area contributed by atoms with Gasteiger partial charge in [-0.2, -0.15) is 5.10 Å². The number of nitrogens with zero attached hydrogens (tertiary/aromatic N) is 2. The summed E-state index contributed by atoms with van der Waals surface area (Å²) in [6.45, 7) is 3.73. The average molecular weight is 186 g/mol. The van der Waals surface area contributed by atoms with Crippen molar-refractivity contribution in [1.29, 1.82) is 0 Å². The van der Waals surface area contributed by atoms with E-state index in [1.54, 1.807) is 13.8 Å². The summed E-state index contributed by atoms with van der Waals surface area (Å²) in [7, 11) is 0. The van der Waals surface area contributed by atoms with Crippen LogP contribution in [0.4, 0.5) is 0 Å². The molecule has 0 aliphatic rings. The SMILES string of the molecule is CCOC(=O)C/C(C)=N\N=C(N)N. The lowest BCUT2D eigenvalue weighted by molar-refractivity contribution is -0.141. The van der Waals surface area contributed by atoms with Crippen LogP contribution in [-0.4, -0.2) is 24.2 Å². The summed E-state index contributed by atoms with van der Waals surface area (Å²) < 4.78 is 4.69. The molecule has 4 N–H and O–H groups in total. The molecule has 0 amide bonds. The first-order valence-corrected chi connectivity index (χ1v) is 3.84. The van der Waals surface area contributed by atoms with Crippen molar-refractivity contribution in [3.05, 3.63) is 0 Å². The highest BCUT2D eigenvalue weighted by Gasteiger charge is 2.03. The average Bonchev–Trinajstić information content (AvgIpc) is 2.01. The molecule has 0 atom stereocenters. The van der Waals surface area contributed by atoms with Crippen LogP contribution < -0.4 is 11.5 Å². The normalized spacial score (nSPS) is 10.8. The minimum absolute atomic E-state index is 0.102. The van der Waals surface area contributed by atoms with Gasteiger partial charge in [0.2, 0.25) is 5.96 Å². The molecule has 6 heteroatoms. The van der Waals surface area contributed by atoms with Crippen molar-refractivity contribution in [2.75, 3.05) is 6.61 Å². The molecular weight excluding hydrogens is 172 g/mol. The number of carbonyl (C=O) groups excluding carboxylic acids is 1. The fourth-order valence-corrected chi connectivity index (χ4v) is 0.599. The minimum atomic E-state index is -0.338. The molecule has 0 spiro atoms. The van der Waals surface area contributed by atoms with Gasteiger partial charge in [-0.1, -0.05) is 0 Å². The largest absolute Gasteiger partial charge is 0.466 e. The molecule has 0 saturated carbocycles. The van der Waals surface area contributed by atoms with Gasteiger partial charge in [0.15, 0.2) is 0 Å². The summed E-state index contributed by atoms with van der Waals surface area (Å²) in [6.07, 6.45) is 0.102. The Morgan fingerprint density at radius 3 is 2.46 bits per heavy atom. The standard InChI is InChI=1S/C7H14N4O2/c1-3-13-6(12)4-5(2)10-11-7(8)9/h3-4H2,1-2H3,(H4,8,9,11)/b10-5-. The molecule has 74 valence electrons. The number of rotatable bonds is 4. The van der Waals surface area contributed by atoms with Gasteiger partial charge in [0.05, 0.1) is 13.0 Å². The number of esters is 1. The number of hydrogen-bond donors (Lipinski definition) is 2. The Kier molecular flexibility index (Phi) is 5.25. The van der Waals surface area contributed by atoms with E-state index in [9.17, 15) is 4.79 Å². The highest BCUT2D eigenvalue weighted by Crippen LogP contribution is 1.91. The molecule has 0 aliphatic heterocycles. The molecule has 0 aromatic carbocycles. The highest BCUT2D eigenvalue weighted by atomic mass is 16.5. The molecular formula is C7H14N4O2. The number of guanidine groups is 1. The van der Waals surface area contributed by atoms with Crippen LogP contribution in [0.25, 0.3) is 0 Å². The molecule has 0 bridgehead atoms. The van der Waals surface area contributed by atoms with Gasteiger partial charge in [-0.05, 0) is 13.8 Å². The van der Waals surface area contributed by atoms with Gasteiger partial charge in [0.25, 0.3) is 0 Å². The van der Waals surface area contributed by atoms with E-state index in [0.29, 0.717) is 12.3 Å². The molecule has 0 saturated heterocycles. The Morgan fingerprint density at radius 2 is 2.00 bits per heavy atom. The van der Waals surface area contributed by atoms with Crippen LogP contribution in [0.3, 0.4) is 0 Å². The molecule has 0 rings (SSSR count). The Morgan fingerprint density at radius 1 is 1.38 bits per heavy atom. The Labute approximate surface area is 76.6 Å². The first kappa shape index (κ1) is 11.4. The van der Waals surface area contributed by atoms with Crippen LogP contribution in [0.1, 0.15) is 20.3 Å². The molecule has 13 heavy (non-hydrogen) atoms. The second-order valence-corrected chi connectivity index (χ2v) is 2.34.